The fraction of sp³-hybridized carbons (Fsp3) is 0.370. The molecule has 3 N–H and O–H groups in total. The van der Waals surface area contributed by atoms with Crippen LogP contribution in [0.1, 0.15) is 46.7 Å². The summed E-state index contributed by atoms with van der Waals surface area (Å²) in [5, 5.41) is 5.23. The summed E-state index contributed by atoms with van der Waals surface area (Å²) in [4.78, 5) is 33.8. The molecule has 0 bridgehead atoms. The lowest BCUT2D eigenvalue weighted by Crippen LogP contribution is -2.33. The van der Waals surface area contributed by atoms with Crippen molar-refractivity contribution < 1.29 is 19.1 Å². The van der Waals surface area contributed by atoms with Gasteiger partial charge in [0.1, 0.15) is 5.82 Å². The molecule has 1 aromatic carbocycles. The molecule has 9 nitrogen and oxygen atoms in total. The van der Waals surface area contributed by atoms with E-state index in [1.54, 1.807) is 22.4 Å². The SMILES string of the molecule is CCNc1cc2c(cn1)C(=O)N(c1cccc(COC(CCCOC(N)=O)c3cccs3)c1)CCN2C. The molecule has 2 aromatic heterocycles. The van der Waals surface area contributed by atoms with Crippen molar-refractivity contribution in [3.63, 3.8) is 0 Å². The van der Waals surface area contributed by atoms with Crippen LogP contribution in [0.15, 0.2) is 54.0 Å². The molecule has 0 saturated heterocycles. The van der Waals surface area contributed by atoms with Crippen LogP contribution in [0.2, 0.25) is 0 Å². The third-order valence-electron chi connectivity index (χ3n) is 6.17. The molecule has 0 saturated carbocycles. The zero-order valence-corrected chi connectivity index (χ0v) is 22.0. The first kappa shape index (κ1) is 26.4. The van der Waals surface area contributed by atoms with Gasteiger partial charge < -0.3 is 30.3 Å². The van der Waals surface area contributed by atoms with Gasteiger partial charge in [-0.05, 0) is 48.9 Å². The molecule has 0 spiro atoms. The summed E-state index contributed by atoms with van der Waals surface area (Å²) in [5.74, 6) is 0.689. The molecule has 0 radical (unpaired) electrons. The second-order valence-corrected chi connectivity index (χ2v) is 9.77. The number of thiophene rings is 1. The number of ether oxygens (including phenoxy) is 2. The standard InChI is InChI=1S/C27H33N5O4S/c1-3-29-25-16-22-21(17-30-25)26(33)32(12-11-31(22)2)20-8-4-7-19(15-20)18-36-23(24-10-6-14-37-24)9-5-13-35-27(28)34/h4,6-8,10,14-17,23H,3,5,9,11-13,18H2,1-2H3,(H2,28,34)(H,29,30). The van der Waals surface area contributed by atoms with Gasteiger partial charge in [0.15, 0.2) is 0 Å². The average Bonchev–Trinajstić information content (AvgIpc) is 3.39. The molecule has 3 heterocycles. The largest absolute Gasteiger partial charge is 0.450 e. The summed E-state index contributed by atoms with van der Waals surface area (Å²) in [6, 6.07) is 13.9. The van der Waals surface area contributed by atoms with Crippen molar-refractivity contribution in [2.24, 2.45) is 5.73 Å². The highest BCUT2D eigenvalue weighted by Crippen LogP contribution is 2.31. The van der Waals surface area contributed by atoms with Crippen LogP contribution >= 0.6 is 11.3 Å². The lowest BCUT2D eigenvalue weighted by Gasteiger charge is -2.22. The van der Waals surface area contributed by atoms with Gasteiger partial charge >= 0.3 is 6.09 Å². The van der Waals surface area contributed by atoms with Gasteiger partial charge in [-0.3, -0.25) is 4.79 Å². The van der Waals surface area contributed by atoms with Crippen LogP contribution in [0.25, 0.3) is 0 Å². The third-order valence-corrected chi connectivity index (χ3v) is 7.14. The van der Waals surface area contributed by atoms with Crippen LogP contribution < -0.4 is 20.9 Å². The first-order chi connectivity index (χ1) is 18.0. The number of anilines is 3. The van der Waals surface area contributed by atoms with Gasteiger partial charge in [-0.25, -0.2) is 9.78 Å². The Balaban J connectivity index is 1.47. The number of hydrogen-bond acceptors (Lipinski definition) is 8. The maximum atomic E-state index is 13.5. The molecule has 0 fully saturated rings. The number of amides is 2. The van der Waals surface area contributed by atoms with Crippen LogP contribution in [0.4, 0.5) is 22.0 Å². The van der Waals surface area contributed by atoms with E-state index in [2.05, 4.69) is 15.2 Å². The van der Waals surface area contributed by atoms with Crippen LogP contribution in [0, 0.1) is 0 Å². The molecule has 1 atom stereocenters. The number of likely N-dealkylation sites (N-methyl/N-ethyl adjacent to an activating group) is 1. The topological polar surface area (TPSA) is 110 Å². The van der Waals surface area contributed by atoms with Crippen LogP contribution in [-0.4, -0.2) is 50.3 Å². The van der Waals surface area contributed by atoms with Crippen molar-refractivity contribution in [2.45, 2.75) is 32.5 Å². The van der Waals surface area contributed by atoms with Gasteiger partial charge in [0.05, 0.1) is 30.6 Å². The minimum absolute atomic E-state index is 0.0705. The summed E-state index contributed by atoms with van der Waals surface area (Å²) in [6.07, 6.45) is 2.10. The van der Waals surface area contributed by atoms with Crippen molar-refractivity contribution in [2.75, 3.05) is 48.4 Å². The molecule has 3 aromatic rings. The number of hydrogen-bond donors (Lipinski definition) is 2. The Morgan fingerprint density at radius 1 is 1.24 bits per heavy atom. The van der Waals surface area contributed by atoms with Crippen molar-refractivity contribution in [3.8, 4) is 0 Å². The highest BCUT2D eigenvalue weighted by Gasteiger charge is 2.27. The Labute approximate surface area is 221 Å². The monoisotopic (exact) mass is 523 g/mol. The van der Waals surface area contributed by atoms with E-state index in [-0.39, 0.29) is 18.6 Å². The highest BCUT2D eigenvalue weighted by molar-refractivity contribution is 7.10. The van der Waals surface area contributed by atoms with E-state index in [4.69, 9.17) is 15.2 Å². The number of nitrogens with two attached hydrogens (primary N) is 1. The van der Waals surface area contributed by atoms with E-state index in [1.807, 2.05) is 61.8 Å². The quantitative estimate of drug-likeness (QED) is 0.347. The first-order valence-corrected chi connectivity index (χ1v) is 13.3. The fourth-order valence-electron chi connectivity index (χ4n) is 4.30. The molecular weight excluding hydrogens is 490 g/mol. The Bertz CT molecular complexity index is 1200. The molecule has 4 rings (SSSR count). The number of benzene rings is 1. The predicted octanol–water partition coefficient (Wildman–Crippen LogP) is 4.80. The van der Waals surface area contributed by atoms with Crippen LogP contribution in [-0.2, 0) is 16.1 Å². The second-order valence-electron chi connectivity index (χ2n) is 8.79. The molecule has 2 amide bonds. The molecule has 10 heteroatoms. The maximum absolute atomic E-state index is 13.5. The highest BCUT2D eigenvalue weighted by atomic mass is 32.1. The van der Waals surface area contributed by atoms with Gasteiger partial charge in [0.2, 0.25) is 0 Å². The minimum Gasteiger partial charge on any atom is -0.450 e. The normalized spacial score (nSPS) is 14.2. The lowest BCUT2D eigenvalue weighted by molar-refractivity contribution is 0.0310. The number of nitrogens with zero attached hydrogens (tertiary/aromatic N) is 3. The number of aromatic nitrogens is 1. The van der Waals surface area contributed by atoms with Gasteiger partial charge in [-0.2, -0.15) is 0 Å². The van der Waals surface area contributed by atoms with Crippen LogP contribution in [0.5, 0.6) is 0 Å². The number of nitrogens with one attached hydrogen (secondary N) is 1. The Kier molecular flexibility index (Phi) is 8.97. The van der Waals surface area contributed by atoms with E-state index >= 15 is 0 Å². The van der Waals surface area contributed by atoms with Crippen molar-refractivity contribution in [3.05, 3.63) is 70.0 Å². The molecule has 37 heavy (non-hydrogen) atoms. The number of carbonyl (C=O) groups is 2. The molecule has 1 unspecified atom stereocenters. The predicted molar refractivity (Wildman–Crippen MR) is 146 cm³/mol. The summed E-state index contributed by atoms with van der Waals surface area (Å²) < 4.78 is 11.2. The van der Waals surface area contributed by atoms with E-state index < -0.39 is 6.09 Å². The smallest absolute Gasteiger partial charge is 0.404 e. The maximum Gasteiger partial charge on any atom is 0.404 e. The fourth-order valence-corrected chi connectivity index (χ4v) is 5.11. The minimum atomic E-state index is -0.767. The first-order valence-electron chi connectivity index (χ1n) is 12.4. The van der Waals surface area contributed by atoms with Gasteiger partial charge in [0.25, 0.3) is 5.91 Å². The van der Waals surface area contributed by atoms with E-state index in [0.29, 0.717) is 38.1 Å². The number of carbonyl (C=O) groups excluding carboxylic acids is 2. The molecular formula is C27H33N5O4S. The third kappa shape index (κ3) is 6.78. The van der Waals surface area contributed by atoms with E-state index in [0.717, 1.165) is 34.2 Å². The van der Waals surface area contributed by atoms with E-state index in [1.165, 1.54) is 0 Å². The lowest BCUT2D eigenvalue weighted by atomic mass is 10.1. The molecule has 1 aliphatic heterocycles. The molecule has 1 aliphatic rings. The summed E-state index contributed by atoms with van der Waals surface area (Å²) >= 11 is 1.63. The van der Waals surface area contributed by atoms with Crippen LogP contribution in [0.3, 0.4) is 0 Å². The second kappa shape index (κ2) is 12.6. The van der Waals surface area contributed by atoms with Crippen molar-refractivity contribution >= 4 is 40.5 Å². The van der Waals surface area contributed by atoms with Gasteiger partial charge in [-0.15, -0.1) is 11.3 Å². The molecule has 196 valence electrons. The average molecular weight is 524 g/mol. The number of rotatable bonds is 11. The van der Waals surface area contributed by atoms with Gasteiger partial charge in [-0.1, -0.05) is 18.2 Å². The number of primary amides is 1. The number of fused-ring (bicyclic) bond motifs is 1. The Morgan fingerprint density at radius 3 is 2.86 bits per heavy atom. The number of pyridine rings is 1. The Hall–Kier alpha value is -3.63. The van der Waals surface area contributed by atoms with E-state index in [9.17, 15) is 9.59 Å². The zero-order chi connectivity index (χ0) is 26.2. The molecule has 0 aliphatic carbocycles. The zero-order valence-electron chi connectivity index (χ0n) is 21.2. The summed E-state index contributed by atoms with van der Waals surface area (Å²) in [7, 11) is 1.99. The Morgan fingerprint density at radius 2 is 2.11 bits per heavy atom. The van der Waals surface area contributed by atoms with Crippen molar-refractivity contribution in [1.29, 1.82) is 0 Å². The summed E-state index contributed by atoms with van der Waals surface area (Å²) in [5.41, 5.74) is 8.31. The van der Waals surface area contributed by atoms with Gasteiger partial charge in [0, 0.05) is 49.5 Å². The summed E-state index contributed by atoms with van der Waals surface area (Å²) in [6.45, 7) is 4.68. The van der Waals surface area contributed by atoms with Crippen molar-refractivity contribution in [1.82, 2.24) is 4.98 Å².